The largest absolute Gasteiger partial charge is 0.342 e. The van der Waals surface area contributed by atoms with Crippen LogP contribution in [0.25, 0.3) is 0 Å². The second-order valence-electron chi connectivity index (χ2n) is 6.09. The minimum Gasteiger partial charge on any atom is -0.342 e. The molecule has 3 rings (SSSR count). The van der Waals surface area contributed by atoms with Gasteiger partial charge in [0, 0.05) is 25.0 Å². The average Bonchev–Trinajstić information content (AvgIpc) is 3.08. The fourth-order valence-electron chi connectivity index (χ4n) is 3.04. The summed E-state index contributed by atoms with van der Waals surface area (Å²) in [5.41, 5.74) is 0. The van der Waals surface area contributed by atoms with Crippen molar-refractivity contribution in [1.29, 1.82) is 0 Å². The van der Waals surface area contributed by atoms with Crippen molar-refractivity contribution >= 4 is 5.91 Å². The first-order valence-electron chi connectivity index (χ1n) is 7.50. The molecule has 1 heterocycles. The molecule has 100 valence electrons. The summed E-state index contributed by atoms with van der Waals surface area (Å²) in [4.78, 5) is 14.3. The Labute approximate surface area is 110 Å². The van der Waals surface area contributed by atoms with Crippen molar-refractivity contribution in [3.8, 4) is 0 Å². The third-order valence-corrected chi connectivity index (χ3v) is 4.56. The molecule has 0 unspecified atom stereocenters. The maximum absolute atomic E-state index is 12.2. The van der Waals surface area contributed by atoms with E-state index in [4.69, 9.17) is 0 Å². The SMILES string of the molecule is O=C(C1CC=CC1)N1CCC(NCC2CC2)CC1. The van der Waals surface area contributed by atoms with Crippen LogP contribution in [0.1, 0.15) is 38.5 Å². The molecule has 3 aliphatic rings. The number of nitrogens with one attached hydrogen (secondary N) is 1. The van der Waals surface area contributed by atoms with Gasteiger partial charge in [-0.05, 0) is 51.0 Å². The predicted molar refractivity (Wildman–Crippen MR) is 72.2 cm³/mol. The Bertz CT molecular complexity index is 319. The van der Waals surface area contributed by atoms with E-state index in [9.17, 15) is 4.79 Å². The van der Waals surface area contributed by atoms with E-state index in [-0.39, 0.29) is 5.92 Å². The van der Waals surface area contributed by atoms with Crippen molar-refractivity contribution in [2.45, 2.75) is 44.6 Å². The van der Waals surface area contributed by atoms with Gasteiger partial charge in [0.05, 0.1) is 0 Å². The zero-order chi connectivity index (χ0) is 12.4. The minimum atomic E-state index is 0.251. The van der Waals surface area contributed by atoms with Crippen LogP contribution < -0.4 is 5.32 Å². The van der Waals surface area contributed by atoms with Crippen LogP contribution >= 0.6 is 0 Å². The van der Waals surface area contributed by atoms with Gasteiger partial charge in [-0.1, -0.05) is 12.2 Å². The molecule has 1 aliphatic heterocycles. The van der Waals surface area contributed by atoms with Crippen molar-refractivity contribution in [3.05, 3.63) is 12.2 Å². The topological polar surface area (TPSA) is 32.3 Å². The first-order chi connectivity index (χ1) is 8.83. The molecule has 18 heavy (non-hydrogen) atoms. The predicted octanol–water partition coefficient (Wildman–Crippen LogP) is 1.94. The fourth-order valence-corrected chi connectivity index (χ4v) is 3.04. The second kappa shape index (κ2) is 5.43. The highest BCUT2D eigenvalue weighted by Crippen LogP contribution is 2.28. The molecule has 3 heteroatoms. The highest BCUT2D eigenvalue weighted by molar-refractivity contribution is 5.79. The van der Waals surface area contributed by atoms with Crippen molar-refractivity contribution in [2.24, 2.45) is 11.8 Å². The molecule has 1 N–H and O–H groups in total. The summed E-state index contributed by atoms with van der Waals surface area (Å²) < 4.78 is 0. The summed E-state index contributed by atoms with van der Waals surface area (Å²) in [6.45, 7) is 3.11. The Morgan fingerprint density at radius 1 is 1.11 bits per heavy atom. The number of rotatable bonds is 4. The maximum Gasteiger partial charge on any atom is 0.226 e. The van der Waals surface area contributed by atoms with Crippen molar-refractivity contribution in [1.82, 2.24) is 10.2 Å². The Kier molecular flexibility index (Phi) is 3.69. The van der Waals surface area contributed by atoms with Crippen LogP contribution in [0.5, 0.6) is 0 Å². The number of allylic oxidation sites excluding steroid dienone is 2. The van der Waals surface area contributed by atoms with E-state index in [0.717, 1.165) is 44.7 Å². The monoisotopic (exact) mass is 248 g/mol. The van der Waals surface area contributed by atoms with Crippen LogP contribution in [0.15, 0.2) is 12.2 Å². The Morgan fingerprint density at radius 2 is 1.78 bits per heavy atom. The van der Waals surface area contributed by atoms with Crippen LogP contribution in [0.4, 0.5) is 0 Å². The number of piperidine rings is 1. The molecule has 0 radical (unpaired) electrons. The van der Waals surface area contributed by atoms with E-state index in [1.54, 1.807) is 0 Å². The molecule has 3 nitrogen and oxygen atoms in total. The van der Waals surface area contributed by atoms with Gasteiger partial charge in [-0.25, -0.2) is 0 Å². The molecule has 2 fully saturated rings. The van der Waals surface area contributed by atoms with E-state index in [1.807, 2.05) is 0 Å². The molecule has 0 aromatic carbocycles. The lowest BCUT2D eigenvalue weighted by molar-refractivity contribution is -0.136. The maximum atomic E-state index is 12.2. The van der Waals surface area contributed by atoms with Crippen LogP contribution in [-0.2, 0) is 4.79 Å². The highest BCUT2D eigenvalue weighted by atomic mass is 16.2. The standard InChI is InChI=1S/C15H24N2O/c18-15(13-3-1-2-4-13)17-9-7-14(8-10-17)16-11-12-5-6-12/h1-2,12-14,16H,3-11H2. The van der Waals surface area contributed by atoms with Gasteiger partial charge in [0.25, 0.3) is 0 Å². The van der Waals surface area contributed by atoms with Gasteiger partial charge in [-0.15, -0.1) is 0 Å². The lowest BCUT2D eigenvalue weighted by Gasteiger charge is -2.34. The molecule has 0 aromatic heterocycles. The van der Waals surface area contributed by atoms with Gasteiger partial charge in [0.1, 0.15) is 0 Å². The van der Waals surface area contributed by atoms with E-state index < -0.39 is 0 Å². The van der Waals surface area contributed by atoms with Crippen molar-refractivity contribution in [3.63, 3.8) is 0 Å². The zero-order valence-electron chi connectivity index (χ0n) is 11.1. The molecule has 0 bridgehead atoms. The highest BCUT2D eigenvalue weighted by Gasteiger charge is 2.29. The molecule has 0 aromatic rings. The number of carbonyl (C=O) groups is 1. The summed E-state index contributed by atoms with van der Waals surface area (Å²) in [5.74, 6) is 1.59. The number of carbonyl (C=O) groups excluding carboxylic acids is 1. The average molecular weight is 248 g/mol. The Morgan fingerprint density at radius 3 is 2.39 bits per heavy atom. The van der Waals surface area contributed by atoms with Crippen molar-refractivity contribution in [2.75, 3.05) is 19.6 Å². The molecular formula is C15H24N2O. The van der Waals surface area contributed by atoms with Crippen LogP contribution in [0, 0.1) is 11.8 Å². The summed E-state index contributed by atoms with van der Waals surface area (Å²) in [7, 11) is 0. The second-order valence-corrected chi connectivity index (χ2v) is 6.09. The van der Waals surface area contributed by atoms with Crippen molar-refractivity contribution < 1.29 is 4.79 Å². The molecule has 0 spiro atoms. The third-order valence-electron chi connectivity index (χ3n) is 4.56. The summed E-state index contributed by atoms with van der Waals surface area (Å²) in [5, 5.41) is 3.66. The molecule has 1 saturated carbocycles. The summed E-state index contributed by atoms with van der Waals surface area (Å²) >= 11 is 0. The third kappa shape index (κ3) is 2.94. The lowest BCUT2D eigenvalue weighted by Crippen LogP contribution is -2.46. The zero-order valence-corrected chi connectivity index (χ0v) is 11.1. The van der Waals surface area contributed by atoms with Gasteiger partial charge in [-0.3, -0.25) is 4.79 Å². The number of hydrogen-bond acceptors (Lipinski definition) is 2. The normalized spacial score (nSPS) is 25.9. The Balaban J connectivity index is 1.39. The van der Waals surface area contributed by atoms with Crippen LogP contribution in [0.2, 0.25) is 0 Å². The first-order valence-corrected chi connectivity index (χ1v) is 7.50. The quantitative estimate of drug-likeness (QED) is 0.771. The van der Waals surface area contributed by atoms with Gasteiger partial charge >= 0.3 is 0 Å². The number of hydrogen-bond donors (Lipinski definition) is 1. The lowest BCUT2D eigenvalue weighted by atomic mass is 10.0. The summed E-state index contributed by atoms with van der Waals surface area (Å²) in [6.07, 6.45) is 11.3. The Hall–Kier alpha value is -0.830. The van der Waals surface area contributed by atoms with E-state index in [0.29, 0.717) is 11.9 Å². The molecule has 0 atom stereocenters. The molecular weight excluding hydrogens is 224 g/mol. The number of amides is 1. The number of likely N-dealkylation sites (tertiary alicyclic amines) is 1. The number of nitrogens with zero attached hydrogens (tertiary/aromatic N) is 1. The summed E-state index contributed by atoms with van der Waals surface area (Å²) in [6, 6.07) is 0.649. The first kappa shape index (κ1) is 12.2. The molecule has 1 saturated heterocycles. The molecule has 1 amide bonds. The van der Waals surface area contributed by atoms with Gasteiger partial charge in [-0.2, -0.15) is 0 Å². The smallest absolute Gasteiger partial charge is 0.226 e. The van der Waals surface area contributed by atoms with E-state index in [2.05, 4.69) is 22.4 Å². The van der Waals surface area contributed by atoms with E-state index in [1.165, 1.54) is 19.4 Å². The minimum absolute atomic E-state index is 0.251. The fraction of sp³-hybridized carbons (Fsp3) is 0.800. The van der Waals surface area contributed by atoms with Gasteiger partial charge in [0.15, 0.2) is 0 Å². The van der Waals surface area contributed by atoms with Gasteiger partial charge in [0.2, 0.25) is 5.91 Å². The molecule has 2 aliphatic carbocycles. The van der Waals surface area contributed by atoms with Gasteiger partial charge < -0.3 is 10.2 Å². The van der Waals surface area contributed by atoms with E-state index >= 15 is 0 Å². The van der Waals surface area contributed by atoms with Crippen LogP contribution in [-0.4, -0.2) is 36.5 Å². The van der Waals surface area contributed by atoms with Crippen LogP contribution in [0.3, 0.4) is 0 Å².